The predicted octanol–water partition coefficient (Wildman–Crippen LogP) is 1.24. The standard InChI is InChI=1S/C22H16N2O2S.Na/c1-13(8-21(25)26)20-9-15-11-24-12-19(22(15)27-20)18-7-6-14(10-23)16-4-2-3-5-17(16)18;/h2-7,9,11-13H,8H2,1H3,(H,25,26);/q;+1/p-1/t13-;/m1./s1. The van der Waals surface area contributed by atoms with Gasteiger partial charge in [-0.05, 0) is 35.4 Å². The van der Waals surface area contributed by atoms with Crippen molar-refractivity contribution < 1.29 is 39.5 Å². The van der Waals surface area contributed by atoms with Gasteiger partial charge in [-0.25, -0.2) is 0 Å². The Morgan fingerprint density at radius 1 is 1.18 bits per heavy atom. The van der Waals surface area contributed by atoms with Crippen molar-refractivity contribution in [3.8, 4) is 17.2 Å². The summed E-state index contributed by atoms with van der Waals surface area (Å²) in [5.74, 6) is -1.16. The number of carbonyl (C=O) groups excluding carboxylic acids is 1. The Labute approximate surface area is 188 Å². The van der Waals surface area contributed by atoms with Crippen molar-refractivity contribution in [1.82, 2.24) is 4.98 Å². The van der Waals surface area contributed by atoms with E-state index >= 15 is 0 Å². The minimum Gasteiger partial charge on any atom is -0.550 e. The zero-order chi connectivity index (χ0) is 19.0. The van der Waals surface area contributed by atoms with Gasteiger partial charge in [0.25, 0.3) is 0 Å². The number of pyridine rings is 1. The molecular formula is C22H15N2NaO2S. The van der Waals surface area contributed by atoms with E-state index in [1.54, 1.807) is 17.5 Å². The Bertz CT molecular complexity index is 1230. The van der Waals surface area contributed by atoms with Gasteiger partial charge in [-0.3, -0.25) is 4.98 Å². The van der Waals surface area contributed by atoms with Crippen LogP contribution >= 0.6 is 11.3 Å². The molecule has 4 nitrogen and oxygen atoms in total. The van der Waals surface area contributed by atoms with E-state index in [2.05, 4.69) is 11.1 Å². The second-order valence-corrected chi connectivity index (χ2v) is 7.63. The molecule has 0 radical (unpaired) electrons. The van der Waals surface area contributed by atoms with Crippen molar-refractivity contribution >= 4 is 38.2 Å². The Morgan fingerprint density at radius 3 is 2.64 bits per heavy atom. The number of thiophene rings is 1. The summed E-state index contributed by atoms with van der Waals surface area (Å²) < 4.78 is 1.07. The third-order valence-electron chi connectivity index (χ3n) is 4.73. The van der Waals surface area contributed by atoms with E-state index in [1.807, 2.05) is 55.6 Å². The van der Waals surface area contributed by atoms with Gasteiger partial charge in [0, 0.05) is 44.3 Å². The van der Waals surface area contributed by atoms with Gasteiger partial charge in [-0.2, -0.15) is 5.26 Å². The quantitative estimate of drug-likeness (QED) is 0.488. The maximum absolute atomic E-state index is 10.9. The fraction of sp³-hybridized carbons (Fsp3) is 0.136. The monoisotopic (exact) mass is 394 g/mol. The third-order valence-corrected chi connectivity index (χ3v) is 6.15. The molecule has 2 aromatic carbocycles. The molecule has 0 unspecified atom stereocenters. The smallest absolute Gasteiger partial charge is 0.550 e. The van der Waals surface area contributed by atoms with Gasteiger partial charge in [0.2, 0.25) is 0 Å². The summed E-state index contributed by atoms with van der Waals surface area (Å²) >= 11 is 1.59. The van der Waals surface area contributed by atoms with E-state index in [0.29, 0.717) is 5.56 Å². The van der Waals surface area contributed by atoms with Crippen LogP contribution in [0.4, 0.5) is 0 Å². The van der Waals surface area contributed by atoms with Crippen LogP contribution < -0.4 is 34.7 Å². The number of hydrogen-bond donors (Lipinski definition) is 0. The number of hydrogen-bond acceptors (Lipinski definition) is 5. The second kappa shape index (κ2) is 8.42. The topological polar surface area (TPSA) is 76.8 Å². The number of rotatable bonds is 4. The zero-order valence-electron chi connectivity index (χ0n) is 15.6. The Kier molecular flexibility index (Phi) is 6.17. The molecule has 28 heavy (non-hydrogen) atoms. The molecule has 0 aliphatic heterocycles. The van der Waals surface area contributed by atoms with Gasteiger partial charge >= 0.3 is 29.6 Å². The van der Waals surface area contributed by atoms with Crippen molar-refractivity contribution in [2.45, 2.75) is 19.3 Å². The van der Waals surface area contributed by atoms with Crippen LogP contribution in [0.25, 0.3) is 32.0 Å². The first-order valence-corrected chi connectivity index (χ1v) is 9.39. The zero-order valence-corrected chi connectivity index (χ0v) is 18.4. The van der Waals surface area contributed by atoms with Crippen LogP contribution in [0.1, 0.15) is 29.7 Å². The van der Waals surface area contributed by atoms with Crippen LogP contribution in [-0.2, 0) is 4.79 Å². The summed E-state index contributed by atoms with van der Waals surface area (Å²) in [7, 11) is 0. The number of fused-ring (bicyclic) bond motifs is 2. The molecular weight excluding hydrogens is 379 g/mol. The number of aliphatic carboxylic acids is 1. The summed E-state index contributed by atoms with van der Waals surface area (Å²) in [5.41, 5.74) is 2.65. The first-order chi connectivity index (χ1) is 13.1. The Hall–Kier alpha value is -2.23. The number of carboxylic acid groups (broad SMARTS) is 1. The van der Waals surface area contributed by atoms with Crippen LogP contribution in [0.3, 0.4) is 0 Å². The summed E-state index contributed by atoms with van der Waals surface area (Å²) in [4.78, 5) is 16.3. The largest absolute Gasteiger partial charge is 1.00 e. The molecule has 1 atom stereocenters. The first kappa shape index (κ1) is 20.5. The van der Waals surface area contributed by atoms with Crippen molar-refractivity contribution in [3.05, 3.63) is 65.3 Å². The van der Waals surface area contributed by atoms with E-state index < -0.39 is 5.97 Å². The molecule has 0 aliphatic rings. The number of carbonyl (C=O) groups is 1. The fourth-order valence-corrected chi connectivity index (χ4v) is 4.61. The van der Waals surface area contributed by atoms with Crippen molar-refractivity contribution in [2.75, 3.05) is 0 Å². The van der Waals surface area contributed by atoms with E-state index in [-0.39, 0.29) is 41.9 Å². The molecule has 0 saturated carbocycles. The minimum atomic E-state index is -1.05. The Balaban J connectivity index is 0.00000225. The summed E-state index contributed by atoms with van der Waals surface area (Å²) in [6.45, 7) is 1.89. The number of nitriles is 1. The molecule has 2 heterocycles. The molecule has 0 fully saturated rings. The normalized spacial score (nSPS) is 11.7. The Morgan fingerprint density at radius 2 is 1.93 bits per heavy atom. The van der Waals surface area contributed by atoms with Crippen LogP contribution in [0.2, 0.25) is 0 Å². The predicted molar refractivity (Wildman–Crippen MR) is 105 cm³/mol. The molecule has 4 rings (SSSR count). The van der Waals surface area contributed by atoms with Crippen molar-refractivity contribution in [3.63, 3.8) is 0 Å². The average Bonchev–Trinajstić information content (AvgIpc) is 3.11. The first-order valence-electron chi connectivity index (χ1n) is 8.58. The molecule has 0 spiro atoms. The molecule has 6 heteroatoms. The minimum absolute atomic E-state index is 0. The van der Waals surface area contributed by atoms with Crippen LogP contribution in [-0.4, -0.2) is 11.0 Å². The van der Waals surface area contributed by atoms with Crippen LogP contribution in [0.15, 0.2) is 54.9 Å². The second-order valence-electron chi connectivity index (χ2n) is 6.55. The molecule has 132 valence electrons. The summed E-state index contributed by atoms with van der Waals surface area (Å²) in [6.07, 6.45) is 3.63. The summed E-state index contributed by atoms with van der Waals surface area (Å²) in [5, 5.41) is 23.2. The van der Waals surface area contributed by atoms with E-state index in [4.69, 9.17) is 0 Å². The van der Waals surface area contributed by atoms with Gasteiger partial charge < -0.3 is 9.90 Å². The van der Waals surface area contributed by atoms with E-state index in [0.717, 1.165) is 36.9 Å². The van der Waals surface area contributed by atoms with Crippen molar-refractivity contribution in [1.29, 1.82) is 5.26 Å². The number of aromatic nitrogens is 1. The average molecular weight is 394 g/mol. The molecule has 0 saturated heterocycles. The van der Waals surface area contributed by atoms with Gasteiger partial charge in [0.15, 0.2) is 0 Å². The van der Waals surface area contributed by atoms with E-state index in [9.17, 15) is 15.2 Å². The number of nitrogens with zero attached hydrogens (tertiary/aromatic N) is 2. The maximum atomic E-state index is 10.9. The molecule has 0 bridgehead atoms. The van der Waals surface area contributed by atoms with Gasteiger partial charge in [-0.15, -0.1) is 11.3 Å². The maximum Gasteiger partial charge on any atom is 1.00 e. The van der Waals surface area contributed by atoms with Gasteiger partial charge in [0.05, 0.1) is 11.6 Å². The molecule has 0 amide bonds. The number of benzene rings is 2. The molecule has 0 N–H and O–H groups in total. The number of carboxylic acids is 1. The SMILES string of the molecule is C[C@H](CC(=O)[O-])c1cc2cncc(-c3ccc(C#N)c4ccccc34)c2s1.[Na+]. The van der Waals surface area contributed by atoms with Crippen LogP contribution in [0.5, 0.6) is 0 Å². The molecule has 0 aliphatic carbocycles. The summed E-state index contributed by atoms with van der Waals surface area (Å²) in [6, 6.07) is 15.9. The van der Waals surface area contributed by atoms with E-state index in [1.165, 1.54) is 0 Å². The van der Waals surface area contributed by atoms with Crippen LogP contribution in [0, 0.1) is 11.3 Å². The van der Waals surface area contributed by atoms with Gasteiger partial charge in [0.1, 0.15) is 0 Å². The molecule has 4 aromatic rings. The third kappa shape index (κ3) is 3.69. The molecule has 2 aromatic heterocycles. The van der Waals surface area contributed by atoms with Crippen molar-refractivity contribution in [2.24, 2.45) is 0 Å². The van der Waals surface area contributed by atoms with Gasteiger partial charge in [-0.1, -0.05) is 37.3 Å². The fourth-order valence-electron chi connectivity index (χ4n) is 3.40.